The van der Waals surface area contributed by atoms with Crippen LogP contribution in [0.3, 0.4) is 0 Å². The first-order chi connectivity index (χ1) is 29.8. The number of anilines is 3. The molecule has 2 heterocycles. The lowest BCUT2D eigenvalue weighted by atomic mass is 9.63. The van der Waals surface area contributed by atoms with Gasteiger partial charge in [0.05, 0.1) is 27.8 Å². The molecule has 3 nitrogen and oxygen atoms in total. The molecule has 14 rings (SSSR count). The van der Waals surface area contributed by atoms with Gasteiger partial charge in [0.1, 0.15) is 11.2 Å². The fourth-order valence-electron chi connectivity index (χ4n) is 11.3. The van der Waals surface area contributed by atoms with E-state index < -0.39 is 5.41 Å². The van der Waals surface area contributed by atoms with E-state index in [1.807, 2.05) is 6.07 Å². The maximum atomic E-state index is 6.34. The summed E-state index contributed by atoms with van der Waals surface area (Å²) < 4.78 is 8.87. The van der Waals surface area contributed by atoms with Gasteiger partial charge in [-0.15, -0.1) is 0 Å². The molecule has 0 bridgehead atoms. The molecule has 10 aromatic carbocycles. The summed E-state index contributed by atoms with van der Waals surface area (Å²) in [6, 6.07) is 76.1. The lowest BCUT2D eigenvalue weighted by Gasteiger charge is -2.38. The topological polar surface area (TPSA) is 21.3 Å². The first kappa shape index (κ1) is 32.1. The van der Waals surface area contributed by atoms with E-state index in [1.54, 1.807) is 0 Å². The molecule has 0 saturated heterocycles. The number of nitrogens with zero attached hydrogens (tertiary/aromatic N) is 2. The molecule has 3 heteroatoms. The SMILES string of the molecule is c1ccc(N(c2ccc3oc4ccccc4c3c2)c2ccc3c4c2ccc2c4c4c(cccc4n2-c2cccc4ccccc24)C32c3ccccc3-c3ccccc32)cc1. The molecule has 2 aromatic heterocycles. The Bertz CT molecular complexity index is 3740. The predicted molar refractivity (Wildman–Crippen MR) is 249 cm³/mol. The van der Waals surface area contributed by atoms with E-state index in [9.17, 15) is 0 Å². The van der Waals surface area contributed by atoms with Crippen LogP contribution in [0.1, 0.15) is 22.3 Å². The minimum absolute atomic E-state index is 0.526. The van der Waals surface area contributed by atoms with Gasteiger partial charge >= 0.3 is 0 Å². The zero-order chi connectivity index (χ0) is 39.1. The fourth-order valence-corrected chi connectivity index (χ4v) is 11.3. The van der Waals surface area contributed by atoms with Crippen molar-refractivity contribution in [2.24, 2.45) is 0 Å². The van der Waals surface area contributed by atoms with Crippen molar-refractivity contribution >= 4 is 82.4 Å². The van der Waals surface area contributed by atoms with Crippen molar-refractivity contribution in [1.29, 1.82) is 0 Å². The molecule has 0 fully saturated rings. The highest BCUT2D eigenvalue weighted by Crippen LogP contribution is 2.63. The summed E-state index contributed by atoms with van der Waals surface area (Å²) in [4.78, 5) is 2.44. The monoisotopic (exact) mass is 762 g/mol. The number of hydrogen-bond acceptors (Lipinski definition) is 2. The Kier molecular flexibility index (Phi) is 6.22. The fraction of sp³-hybridized carbons (Fsp3) is 0.0175. The Labute approximate surface area is 345 Å². The van der Waals surface area contributed by atoms with Crippen LogP contribution in [0.5, 0.6) is 0 Å². The van der Waals surface area contributed by atoms with E-state index >= 15 is 0 Å². The Hall–Kier alpha value is -7.88. The Morgan fingerprint density at radius 3 is 1.88 bits per heavy atom. The average Bonchev–Trinajstić information content (AvgIpc) is 3.95. The molecule has 0 saturated carbocycles. The van der Waals surface area contributed by atoms with E-state index in [4.69, 9.17) is 4.42 Å². The van der Waals surface area contributed by atoms with Crippen molar-refractivity contribution in [1.82, 2.24) is 4.57 Å². The quantitative estimate of drug-likeness (QED) is 0.178. The zero-order valence-corrected chi connectivity index (χ0v) is 32.4. The highest BCUT2D eigenvalue weighted by molar-refractivity contribution is 6.28. The summed E-state index contributed by atoms with van der Waals surface area (Å²) >= 11 is 0. The largest absolute Gasteiger partial charge is 0.456 e. The molecule has 0 atom stereocenters. The molecule has 278 valence electrons. The maximum Gasteiger partial charge on any atom is 0.135 e. The lowest BCUT2D eigenvalue weighted by molar-refractivity contribution is 0.669. The molecule has 12 aromatic rings. The molecule has 0 radical (unpaired) electrons. The van der Waals surface area contributed by atoms with Crippen molar-refractivity contribution in [3.63, 3.8) is 0 Å². The second kappa shape index (κ2) is 11.6. The zero-order valence-electron chi connectivity index (χ0n) is 32.4. The van der Waals surface area contributed by atoms with Crippen LogP contribution in [-0.4, -0.2) is 4.57 Å². The minimum Gasteiger partial charge on any atom is -0.456 e. The molecule has 0 unspecified atom stereocenters. The van der Waals surface area contributed by atoms with Crippen LogP contribution < -0.4 is 4.90 Å². The van der Waals surface area contributed by atoms with Crippen molar-refractivity contribution in [3.8, 4) is 16.8 Å². The van der Waals surface area contributed by atoms with Crippen LogP contribution in [0.15, 0.2) is 211 Å². The van der Waals surface area contributed by atoms with Gasteiger partial charge < -0.3 is 13.9 Å². The van der Waals surface area contributed by atoms with Gasteiger partial charge in [-0.25, -0.2) is 0 Å². The van der Waals surface area contributed by atoms with E-state index in [0.29, 0.717) is 0 Å². The van der Waals surface area contributed by atoms with E-state index in [0.717, 1.165) is 39.0 Å². The van der Waals surface area contributed by atoms with Crippen LogP contribution in [-0.2, 0) is 5.41 Å². The smallest absolute Gasteiger partial charge is 0.135 e. The predicted octanol–water partition coefficient (Wildman–Crippen LogP) is 15.1. The second-order valence-electron chi connectivity index (χ2n) is 16.3. The summed E-state index contributed by atoms with van der Waals surface area (Å²) in [6.07, 6.45) is 0. The Morgan fingerprint density at radius 2 is 1.03 bits per heavy atom. The summed E-state index contributed by atoms with van der Waals surface area (Å²) in [6.45, 7) is 0. The van der Waals surface area contributed by atoms with Gasteiger partial charge in [-0.3, -0.25) is 0 Å². The Morgan fingerprint density at radius 1 is 0.383 bits per heavy atom. The molecule has 0 N–H and O–H groups in total. The van der Waals surface area contributed by atoms with E-state index in [-0.39, 0.29) is 0 Å². The van der Waals surface area contributed by atoms with Crippen molar-refractivity contribution in [3.05, 3.63) is 229 Å². The summed E-state index contributed by atoms with van der Waals surface area (Å²) in [5.41, 5.74) is 16.1. The number of para-hydroxylation sites is 2. The van der Waals surface area contributed by atoms with Gasteiger partial charge in [-0.2, -0.15) is 0 Å². The third-order valence-corrected chi connectivity index (χ3v) is 13.6. The molecular weight excluding hydrogens is 729 g/mol. The number of benzene rings is 10. The van der Waals surface area contributed by atoms with Crippen LogP contribution in [0.4, 0.5) is 17.1 Å². The van der Waals surface area contributed by atoms with Gasteiger partial charge in [-0.05, 0) is 105 Å². The van der Waals surface area contributed by atoms with Crippen LogP contribution in [0.25, 0.3) is 82.1 Å². The first-order valence-corrected chi connectivity index (χ1v) is 20.8. The Balaban J connectivity index is 1.16. The molecule has 0 aliphatic heterocycles. The third kappa shape index (κ3) is 3.94. The standard InChI is InChI=1S/C57H34N2O/c1-2-16-36(17-3-1)58(37-28-33-53-43(34-37)41-21-8-11-27-52(41)60-53)49-32-30-47-54-42(49)29-31-51-56(54)55-46(57(47)44-22-9-6-19-39(44)40-20-7-10-23-45(40)57)24-13-26-50(55)59(51)48-25-12-15-35-14-4-5-18-38(35)48/h1-34H. The number of aromatic nitrogens is 1. The van der Waals surface area contributed by atoms with Gasteiger partial charge in [-0.1, -0.05) is 146 Å². The number of furan rings is 1. The summed E-state index contributed by atoms with van der Waals surface area (Å²) in [5, 5.41) is 9.84. The summed E-state index contributed by atoms with van der Waals surface area (Å²) in [5.74, 6) is 0. The highest BCUT2D eigenvalue weighted by atomic mass is 16.3. The minimum atomic E-state index is -0.526. The number of fused-ring (bicyclic) bond motifs is 11. The third-order valence-electron chi connectivity index (χ3n) is 13.6. The van der Waals surface area contributed by atoms with Crippen molar-refractivity contribution in [2.45, 2.75) is 5.41 Å². The van der Waals surface area contributed by atoms with Gasteiger partial charge in [0.25, 0.3) is 0 Å². The first-order valence-electron chi connectivity index (χ1n) is 20.8. The number of rotatable bonds is 4. The van der Waals surface area contributed by atoms with Crippen molar-refractivity contribution in [2.75, 3.05) is 4.90 Å². The molecule has 60 heavy (non-hydrogen) atoms. The molecule has 2 aliphatic carbocycles. The van der Waals surface area contributed by atoms with Crippen molar-refractivity contribution < 1.29 is 4.42 Å². The van der Waals surface area contributed by atoms with Gasteiger partial charge in [0.15, 0.2) is 0 Å². The lowest BCUT2D eigenvalue weighted by Crippen LogP contribution is -2.30. The van der Waals surface area contributed by atoms with Gasteiger partial charge in [0, 0.05) is 43.7 Å². The van der Waals surface area contributed by atoms with Crippen LogP contribution in [0.2, 0.25) is 0 Å². The van der Waals surface area contributed by atoms with Crippen LogP contribution >= 0.6 is 0 Å². The van der Waals surface area contributed by atoms with E-state index in [1.165, 1.54) is 82.4 Å². The van der Waals surface area contributed by atoms with E-state index in [2.05, 4.69) is 210 Å². The molecule has 2 aliphatic rings. The maximum absolute atomic E-state index is 6.34. The average molecular weight is 763 g/mol. The second-order valence-corrected chi connectivity index (χ2v) is 16.3. The van der Waals surface area contributed by atoms with Crippen LogP contribution in [0, 0.1) is 0 Å². The van der Waals surface area contributed by atoms with Gasteiger partial charge in [0.2, 0.25) is 0 Å². The summed E-state index contributed by atoms with van der Waals surface area (Å²) in [7, 11) is 0. The highest BCUT2D eigenvalue weighted by Gasteiger charge is 2.50. The number of hydrogen-bond donors (Lipinski definition) is 0. The molecule has 0 amide bonds. The molecular formula is C57H34N2O. The molecule has 1 spiro atoms. The normalized spacial score (nSPS) is 13.5.